The van der Waals surface area contributed by atoms with Crippen LogP contribution in [0.1, 0.15) is 11.1 Å². The quantitative estimate of drug-likeness (QED) is 0.530. The highest BCUT2D eigenvalue weighted by Gasteiger charge is 2.09. The minimum absolute atomic E-state index is 0.767. The maximum Gasteiger partial charge on any atom is 0.137 e. The Balaban J connectivity index is 1.62. The fourth-order valence-electron chi connectivity index (χ4n) is 2.76. The van der Waals surface area contributed by atoms with Crippen molar-refractivity contribution in [2.45, 2.75) is 13.0 Å². The average molecular weight is 438 g/mol. The third-order valence-electron chi connectivity index (χ3n) is 3.85. The van der Waals surface area contributed by atoms with Gasteiger partial charge in [-0.05, 0) is 52.7 Å². The van der Waals surface area contributed by atoms with Crippen LogP contribution in [0.15, 0.2) is 51.5 Å². The largest absolute Gasteiger partial charge is 0.495 e. The van der Waals surface area contributed by atoms with Crippen LogP contribution in [0, 0.1) is 0 Å². The number of nitrogens with one attached hydrogen (secondary N) is 2. The molecule has 2 N–H and O–H groups in total. The number of para-hydroxylation sites is 1. The van der Waals surface area contributed by atoms with Crippen LogP contribution in [-0.4, -0.2) is 18.6 Å². The van der Waals surface area contributed by atoms with Crippen molar-refractivity contribution in [1.29, 1.82) is 0 Å². The molecule has 1 heterocycles. The van der Waals surface area contributed by atoms with Crippen molar-refractivity contribution < 1.29 is 4.74 Å². The third-order valence-corrected chi connectivity index (χ3v) is 4.90. The van der Waals surface area contributed by atoms with Crippen LogP contribution in [0.4, 0.5) is 0 Å². The standard InChI is InChI=1S/C18H18Br2N2O/c1-23-18-13(8-14(19)9-16(18)20)10-21-7-6-12-11-22-17-5-3-2-4-15(12)17/h2-5,8-9,11,21-22H,6-7,10H2,1H3. The number of ether oxygens (including phenoxy) is 1. The number of aromatic amines is 1. The van der Waals surface area contributed by atoms with Gasteiger partial charge in [-0.1, -0.05) is 34.1 Å². The zero-order valence-electron chi connectivity index (χ0n) is 12.8. The zero-order chi connectivity index (χ0) is 16.2. The molecule has 0 saturated carbocycles. The van der Waals surface area contributed by atoms with E-state index in [1.54, 1.807) is 7.11 Å². The maximum absolute atomic E-state index is 5.48. The van der Waals surface area contributed by atoms with Crippen molar-refractivity contribution in [1.82, 2.24) is 10.3 Å². The molecule has 3 nitrogen and oxygen atoms in total. The summed E-state index contributed by atoms with van der Waals surface area (Å²) in [6.45, 7) is 1.68. The van der Waals surface area contributed by atoms with Crippen molar-refractivity contribution in [2.75, 3.05) is 13.7 Å². The van der Waals surface area contributed by atoms with Crippen LogP contribution < -0.4 is 10.1 Å². The van der Waals surface area contributed by atoms with Crippen LogP contribution in [0.2, 0.25) is 0 Å². The van der Waals surface area contributed by atoms with Crippen molar-refractivity contribution in [3.63, 3.8) is 0 Å². The fraction of sp³-hybridized carbons (Fsp3) is 0.222. The lowest BCUT2D eigenvalue weighted by Crippen LogP contribution is -2.17. The first-order valence-corrected chi connectivity index (χ1v) is 9.05. The van der Waals surface area contributed by atoms with Crippen LogP contribution in [0.25, 0.3) is 10.9 Å². The van der Waals surface area contributed by atoms with Crippen LogP contribution >= 0.6 is 31.9 Å². The zero-order valence-corrected chi connectivity index (χ0v) is 16.0. The maximum atomic E-state index is 5.48. The second kappa shape index (κ2) is 7.51. The molecule has 0 bridgehead atoms. The number of H-pyrrole nitrogens is 1. The number of halogens is 2. The van der Waals surface area contributed by atoms with Gasteiger partial charge in [-0.15, -0.1) is 0 Å². The predicted molar refractivity (Wildman–Crippen MR) is 102 cm³/mol. The molecule has 0 radical (unpaired) electrons. The molecule has 0 saturated heterocycles. The van der Waals surface area contributed by atoms with Gasteiger partial charge in [0.1, 0.15) is 5.75 Å². The predicted octanol–water partition coefficient (Wildman–Crippen LogP) is 5.03. The Hall–Kier alpha value is -1.30. The van der Waals surface area contributed by atoms with Gasteiger partial charge in [0, 0.05) is 33.7 Å². The summed E-state index contributed by atoms with van der Waals surface area (Å²) in [7, 11) is 1.70. The topological polar surface area (TPSA) is 37.0 Å². The summed E-state index contributed by atoms with van der Waals surface area (Å²) in [5.74, 6) is 0.882. The molecule has 120 valence electrons. The minimum Gasteiger partial charge on any atom is -0.495 e. The molecule has 5 heteroatoms. The first kappa shape index (κ1) is 16.6. The van der Waals surface area contributed by atoms with Gasteiger partial charge < -0.3 is 15.0 Å². The average Bonchev–Trinajstić information content (AvgIpc) is 2.94. The fourth-order valence-corrected chi connectivity index (χ4v) is 4.23. The Kier molecular flexibility index (Phi) is 5.41. The molecule has 0 atom stereocenters. The van der Waals surface area contributed by atoms with Gasteiger partial charge in [-0.25, -0.2) is 0 Å². The van der Waals surface area contributed by atoms with Gasteiger partial charge in [0.15, 0.2) is 0 Å². The third kappa shape index (κ3) is 3.79. The summed E-state index contributed by atoms with van der Waals surface area (Å²) in [5.41, 5.74) is 3.67. The summed E-state index contributed by atoms with van der Waals surface area (Å²) in [6.07, 6.45) is 3.09. The van der Waals surface area contributed by atoms with Gasteiger partial charge in [0.2, 0.25) is 0 Å². The lowest BCUT2D eigenvalue weighted by molar-refractivity contribution is 0.405. The molecule has 0 aliphatic carbocycles. The van der Waals surface area contributed by atoms with E-state index in [9.17, 15) is 0 Å². The van der Waals surface area contributed by atoms with Gasteiger partial charge >= 0.3 is 0 Å². The van der Waals surface area contributed by atoms with Crippen LogP contribution in [0.3, 0.4) is 0 Å². The summed E-state index contributed by atoms with van der Waals surface area (Å²) in [6, 6.07) is 12.5. The van der Waals surface area contributed by atoms with Crippen molar-refractivity contribution in [3.05, 3.63) is 62.7 Å². The minimum atomic E-state index is 0.767. The summed E-state index contributed by atoms with van der Waals surface area (Å²) < 4.78 is 7.48. The van der Waals surface area contributed by atoms with Crippen LogP contribution in [0.5, 0.6) is 5.75 Å². The van der Waals surface area contributed by atoms with Gasteiger partial charge in [0.05, 0.1) is 11.6 Å². The molecule has 2 aromatic carbocycles. The molecule has 0 aliphatic rings. The molecular formula is C18H18Br2N2O. The van der Waals surface area contributed by atoms with Gasteiger partial charge in [-0.2, -0.15) is 0 Å². The molecule has 0 unspecified atom stereocenters. The smallest absolute Gasteiger partial charge is 0.137 e. The van der Waals surface area contributed by atoms with Gasteiger partial charge in [0.25, 0.3) is 0 Å². The molecule has 0 fully saturated rings. The summed E-state index contributed by atoms with van der Waals surface area (Å²) in [4.78, 5) is 3.32. The molecule has 3 aromatic rings. The van der Waals surface area contributed by atoms with E-state index in [1.165, 1.54) is 16.5 Å². The number of rotatable bonds is 6. The second-order valence-electron chi connectivity index (χ2n) is 5.37. The van der Waals surface area contributed by atoms with E-state index in [0.29, 0.717) is 0 Å². The van der Waals surface area contributed by atoms with Crippen molar-refractivity contribution >= 4 is 42.8 Å². The molecule has 0 amide bonds. The number of methoxy groups -OCH3 is 1. The molecule has 23 heavy (non-hydrogen) atoms. The molecule has 1 aromatic heterocycles. The van der Waals surface area contributed by atoms with Gasteiger partial charge in [-0.3, -0.25) is 0 Å². The van der Waals surface area contributed by atoms with Crippen LogP contribution in [-0.2, 0) is 13.0 Å². The first-order valence-electron chi connectivity index (χ1n) is 7.46. The van der Waals surface area contributed by atoms with E-state index < -0.39 is 0 Å². The molecule has 0 aliphatic heterocycles. The van der Waals surface area contributed by atoms with E-state index in [1.807, 2.05) is 6.07 Å². The Morgan fingerprint density at radius 2 is 1.96 bits per heavy atom. The Bertz CT molecular complexity index is 814. The molecular weight excluding hydrogens is 420 g/mol. The highest BCUT2D eigenvalue weighted by molar-refractivity contribution is 9.11. The number of fused-ring (bicyclic) bond motifs is 1. The highest BCUT2D eigenvalue weighted by Crippen LogP contribution is 2.32. The van der Waals surface area contributed by atoms with Crippen molar-refractivity contribution in [3.8, 4) is 5.75 Å². The van der Waals surface area contributed by atoms with E-state index in [2.05, 4.69) is 78.7 Å². The summed E-state index contributed by atoms with van der Waals surface area (Å²) >= 11 is 7.07. The SMILES string of the molecule is COc1c(Br)cc(Br)cc1CNCCc1c[nH]c2ccccc12. The lowest BCUT2D eigenvalue weighted by atomic mass is 10.1. The number of hydrogen-bond donors (Lipinski definition) is 2. The van der Waals surface area contributed by atoms with E-state index in [4.69, 9.17) is 4.74 Å². The van der Waals surface area contributed by atoms with E-state index in [-0.39, 0.29) is 0 Å². The second-order valence-corrected chi connectivity index (χ2v) is 7.14. The molecule has 3 rings (SSSR count). The Labute approximate surface area is 152 Å². The normalized spacial score (nSPS) is 11.1. The number of aromatic nitrogens is 1. The Morgan fingerprint density at radius 3 is 2.78 bits per heavy atom. The molecule has 0 spiro atoms. The first-order chi connectivity index (χ1) is 11.2. The number of hydrogen-bond acceptors (Lipinski definition) is 2. The number of benzene rings is 2. The summed E-state index contributed by atoms with van der Waals surface area (Å²) in [5, 5.41) is 4.80. The van der Waals surface area contributed by atoms with E-state index >= 15 is 0 Å². The highest BCUT2D eigenvalue weighted by atomic mass is 79.9. The lowest BCUT2D eigenvalue weighted by Gasteiger charge is -2.12. The Morgan fingerprint density at radius 1 is 1.13 bits per heavy atom. The van der Waals surface area contributed by atoms with E-state index in [0.717, 1.165) is 39.8 Å². The monoisotopic (exact) mass is 436 g/mol. The van der Waals surface area contributed by atoms with Crippen molar-refractivity contribution in [2.24, 2.45) is 0 Å².